The van der Waals surface area contributed by atoms with Gasteiger partial charge in [0.2, 0.25) is 0 Å². The lowest BCUT2D eigenvalue weighted by atomic mass is 9.53. The molecule has 184 valence electrons. The number of rotatable bonds is 6. The first kappa shape index (κ1) is 22.8. The van der Waals surface area contributed by atoms with Gasteiger partial charge in [-0.05, 0) is 104 Å². The second-order valence-electron chi connectivity index (χ2n) is 11.5. The van der Waals surface area contributed by atoms with Gasteiger partial charge in [0.05, 0.1) is 13.2 Å². The summed E-state index contributed by atoms with van der Waals surface area (Å²) in [6.45, 7) is 4.88. The zero-order valence-electron chi connectivity index (χ0n) is 20.6. The van der Waals surface area contributed by atoms with Gasteiger partial charge >= 0.3 is 0 Å². The van der Waals surface area contributed by atoms with Gasteiger partial charge in [-0.1, -0.05) is 31.2 Å². The fourth-order valence-electron chi connectivity index (χ4n) is 8.40. The van der Waals surface area contributed by atoms with Crippen molar-refractivity contribution in [2.24, 2.45) is 23.2 Å². The minimum absolute atomic E-state index is 0.0769. The summed E-state index contributed by atoms with van der Waals surface area (Å²) in [6, 6.07) is 6.90. The van der Waals surface area contributed by atoms with E-state index >= 15 is 0 Å². The van der Waals surface area contributed by atoms with Gasteiger partial charge in [-0.15, -0.1) is 0 Å². The summed E-state index contributed by atoms with van der Waals surface area (Å²) in [5.41, 5.74) is 4.51. The third-order valence-electron chi connectivity index (χ3n) is 9.87. The molecule has 4 heteroatoms. The minimum atomic E-state index is -0.399. The second-order valence-corrected chi connectivity index (χ2v) is 11.5. The van der Waals surface area contributed by atoms with Gasteiger partial charge in [-0.2, -0.15) is 0 Å². The SMILES string of the molecule is CC12CCC3c4ccc(OCC5=CC=CCC5)cc4CCC3C1C(CCCO)CC21OCCO1. The Kier molecular flexibility index (Phi) is 6.12. The van der Waals surface area contributed by atoms with E-state index in [0.29, 0.717) is 30.3 Å². The third-order valence-corrected chi connectivity index (χ3v) is 9.87. The molecular formula is C30H40O4. The average Bonchev–Trinajstić information content (AvgIpc) is 3.45. The van der Waals surface area contributed by atoms with Crippen molar-refractivity contribution < 1.29 is 19.3 Å². The van der Waals surface area contributed by atoms with E-state index in [9.17, 15) is 5.11 Å². The van der Waals surface area contributed by atoms with E-state index in [2.05, 4.69) is 43.4 Å². The van der Waals surface area contributed by atoms with Gasteiger partial charge in [-0.3, -0.25) is 0 Å². The molecule has 34 heavy (non-hydrogen) atoms. The Bertz CT molecular complexity index is 959. The molecule has 1 N–H and O–H groups in total. The van der Waals surface area contributed by atoms with Crippen molar-refractivity contribution in [1.29, 1.82) is 0 Å². The van der Waals surface area contributed by atoms with Crippen LogP contribution in [0.4, 0.5) is 0 Å². The monoisotopic (exact) mass is 464 g/mol. The van der Waals surface area contributed by atoms with Crippen molar-refractivity contribution >= 4 is 0 Å². The van der Waals surface area contributed by atoms with E-state index in [-0.39, 0.29) is 12.0 Å². The number of aliphatic hydroxyl groups is 1. The first-order chi connectivity index (χ1) is 16.6. The maximum atomic E-state index is 9.58. The Labute approximate surface area is 204 Å². The topological polar surface area (TPSA) is 47.9 Å². The van der Waals surface area contributed by atoms with Crippen LogP contribution in [0.25, 0.3) is 0 Å². The van der Waals surface area contributed by atoms with Gasteiger partial charge in [0.15, 0.2) is 5.79 Å². The summed E-state index contributed by atoms with van der Waals surface area (Å²) < 4.78 is 19.0. The molecule has 5 aliphatic rings. The van der Waals surface area contributed by atoms with Crippen molar-refractivity contribution in [2.75, 3.05) is 26.4 Å². The van der Waals surface area contributed by atoms with Gasteiger partial charge in [0.25, 0.3) is 0 Å². The summed E-state index contributed by atoms with van der Waals surface area (Å²) in [5.74, 6) is 3.09. The highest BCUT2D eigenvalue weighted by Crippen LogP contribution is 2.68. The molecule has 0 aromatic heterocycles. The molecule has 0 bridgehead atoms. The maximum absolute atomic E-state index is 9.58. The number of aryl methyl sites for hydroxylation is 1. The van der Waals surface area contributed by atoms with E-state index in [1.807, 2.05) is 0 Å². The highest BCUT2D eigenvalue weighted by atomic mass is 16.7. The highest BCUT2D eigenvalue weighted by molar-refractivity contribution is 5.41. The molecule has 4 nitrogen and oxygen atoms in total. The molecular weight excluding hydrogens is 424 g/mol. The zero-order valence-corrected chi connectivity index (χ0v) is 20.6. The van der Waals surface area contributed by atoms with E-state index < -0.39 is 5.79 Å². The van der Waals surface area contributed by atoms with E-state index in [4.69, 9.17) is 14.2 Å². The normalized spacial score (nSPS) is 35.5. The van der Waals surface area contributed by atoms with Crippen molar-refractivity contribution in [3.05, 3.63) is 53.1 Å². The molecule has 6 rings (SSSR count). The summed E-state index contributed by atoms with van der Waals surface area (Å²) in [4.78, 5) is 0. The predicted molar refractivity (Wildman–Crippen MR) is 133 cm³/mol. The Morgan fingerprint density at radius 2 is 2.03 bits per heavy atom. The smallest absolute Gasteiger partial charge is 0.174 e. The van der Waals surface area contributed by atoms with Crippen LogP contribution in [0.5, 0.6) is 5.75 Å². The molecule has 0 radical (unpaired) electrons. The summed E-state index contributed by atoms with van der Waals surface area (Å²) in [5, 5.41) is 9.58. The lowest BCUT2D eigenvalue weighted by Crippen LogP contribution is -2.51. The molecule has 1 heterocycles. The summed E-state index contributed by atoms with van der Waals surface area (Å²) in [7, 11) is 0. The zero-order chi connectivity index (χ0) is 23.2. The average molecular weight is 465 g/mol. The number of aliphatic hydroxyl groups excluding tert-OH is 1. The molecule has 5 unspecified atom stereocenters. The Morgan fingerprint density at radius 1 is 1.15 bits per heavy atom. The number of hydrogen-bond acceptors (Lipinski definition) is 4. The predicted octanol–water partition coefficient (Wildman–Crippen LogP) is 5.94. The third kappa shape index (κ3) is 3.68. The second kappa shape index (κ2) is 9.11. The molecule has 0 amide bonds. The number of allylic oxidation sites excluding steroid dienone is 3. The number of hydrogen-bond donors (Lipinski definition) is 1. The van der Waals surface area contributed by atoms with Crippen LogP contribution >= 0.6 is 0 Å². The molecule has 1 aromatic carbocycles. The summed E-state index contributed by atoms with van der Waals surface area (Å²) in [6.07, 6.45) is 16.5. The molecule has 1 aliphatic heterocycles. The lowest BCUT2D eigenvalue weighted by Gasteiger charge is -2.53. The van der Waals surface area contributed by atoms with E-state index in [0.717, 1.165) is 63.9 Å². The van der Waals surface area contributed by atoms with Crippen LogP contribution in [-0.2, 0) is 15.9 Å². The van der Waals surface area contributed by atoms with Crippen molar-refractivity contribution in [3.8, 4) is 5.75 Å². The fourth-order valence-corrected chi connectivity index (χ4v) is 8.40. The largest absolute Gasteiger partial charge is 0.489 e. The van der Waals surface area contributed by atoms with Crippen molar-refractivity contribution in [3.63, 3.8) is 0 Å². The van der Waals surface area contributed by atoms with Crippen LogP contribution in [0.15, 0.2) is 42.0 Å². The molecule has 1 aromatic rings. The van der Waals surface area contributed by atoms with Crippen LogP contribution in [0, 0.1) is 23.2 Å². The molecule has 2 saturated carbocycles. The minimum Gasteiger partial charge on any atom is -0.489 e. The first-order valence-electron chi connectivity index (χ1n) is 13.6. The number of fused-ring (bicyclic) bond motifs is 6. The Hall–Kier alpha value is -1.62. The molecule has 1 saturated heterocycles. The fraction of sp³-hybridized carbons (Fsp3) is 0.667. The van der Waals surface area contributed by atoms with Crippen LogP contribution in [0.2, 0.25) is 0 Å². The van der Waals surface area contributed by atoms with E-state index in [1.54, 1.807) is 5.56 Å². The number of ether oxygens (including phenoxy) is 3. The van der Waals surface area contributed by atoms with Crippen LogP contribution in [0.1, 0.15) is 75.3 Å². The van der Waals surface area contributed by atoms with Crippen LogP contribution < -0.4 is 4.74 Å². The first-order valence-corrected chi connectivity index (χ1v) is 13.6. The van der Waals surface area contributed by atoms with Gasteiger partial charge in [0, 0.05) is 18.4 Å². The Balaban J connectivity index is 1.24. The van der Waals surface area contributed by atoms with Gasteiger partial charge in [-0.25, -0.2) is 0 Å². The standard InChI is InChI=1S/C30H40O4/c1-29-14-13-26-25-12-10-24(32-20-21-6-3-2-4-7-21)18-22(25)9-11-27(26)28(29)23(8-5-15-31)19-30(29)33-16-17-34-30/h2-3,6,10,12,18,23,26-28,31H,4-5,7-9,11,13-17,19-20H2,1H3. The molecule has 3 fully saturated rings. The van der Waals surface area contributed by atoms with Crippen LogP contribution in [-0.4, -0.2) is 37.3 Å². The van der Waals surface area contributed by atoms with Gasteiger partial charge in [0.1, 0.15) is 12.4 Å². The van der Waals surface area contributed by atoms with Crippen molar-refractivity contribution in [1.82, 2.24) is 0 Å². The van der Waals surface area contributed by atoms with Crippen molar-refractivity contribution in [2.45, 2.75) is 76.4 Å². The highest BCUT2D eigenvalue weighted by Gasteiger charge is 2.68. The molecule has 1 spiro atoms. The quantitative estimate of drug-likeness (QED) is 0.566. The molecule has 4 aliphatic carbocycles. The van der Waals surface area contributed by atoms with Gasteiger partial charge < -0.3 is 19.3 Å². The lowest BCUT2D eigenvalue weighted by molar-refractivity contribution is -0.237. The van der Waals surface area contributed by atoms with E-state index in [1.165, 1.54) is 24.0 Å². The molecule has 5 atom stereocenters. The summed E-state index contributed by atoms with van der Waals surface area (Å²) >= 11 is 0. The van der Waals surface area contributed by atoms with Crippen LogP contribution in [0.3, 0.4) is 0 Å². The Morgan fingerprint density at radius 3 is 2.82 bits per heavy atom. The maximum Gasteiger partial charge on any atom is 0.174 e. The number of benzene rings is 1.